The molecule has 384 valence electrons. The molecule has 0 atom stereocenters. The van der Waals surface area contributed by atoms with Gasteiger partial charge in [-0.25, -0.2) is 0 Å². The summed E-state index contributed by atoms with van der Waals surface area (Å²) in [7, 11) is 22.1. The fraction of sp³-hybridized carbons (Fsp3) is 0.267. The van der Waals surface area contributed by atoms with Gasteiger partial charge in [0, 0.05) is 40.8 Å². The molecule has 0 aromatic heterocycles. The van der Waals surface area contributed by atoms with Gasteiger partial charge in [0.25, 0.3) is 0 Å². The molecule has 6 aromatic carbocycles. The maximum atomic E-state index is 6.11. The Morgan fingerprint density at radius 1 is 0.297 bits per heavy atom. The molecule has 0 aliphatic heterocycles. The lowest BCUT2D eigenvalue weighted by atomic mass is 9.89. The third-order valence-corrected chi connectivity index (χ3v) is 11.7. The highest BCUT2D eigenvalue weighted by Gasteiger charge is 2.22. The summed E-state index contributed by atoms with van der Waals surface area (Å²) in [6.07, 6.45) is 0.567. The van der Waals surface area contributed by atoms with E-state index in [1.807, 2.05) is 72.8 Å². The lowest BCUT2D eigenvalue weighted by molar-refractivity contribution is 0.324. The molecule has 0 bridgehead atoms. The van der Waals surface area contributed by atoms with Gasteiger partial charge in [0.15, 0.2) is 23.0 Å². The second-order valence-electron chi connectivity index (χ2n) is 15.8. The molecule has 0 aliphatic rings. The average molecular weight is 1010 g/mol. The molecule has 6 rings (SSSR count). The third-order valence-electron chi connectivity index (χ3n) is 11.7. The topological polar surface area (TPSA) is 129 Å². The number of ether oxygens (including phenoxy) is 14. The maximum absolute atomic E-state index is 6.11. The smallest absolute Gasteiger partial charge is 0.203 e. The van der Waals surface area contributed by atoms with Crippen LogP contribution in [0.5, 0.6) is 80.5 Å². The second kappa shape index (κ2) is 25.9. The van der Waals surface area contributed by atoms with Gasteiger partial charge in [-0.05, 0) is 101 Å². The van der Waals surface area contributed by atoms with Crippen LogP contribution in [-0.2, 0) is 12.8 Å². The molecule has 6 aromatic rings. The Morgan fingerprint density at radius 2 is 0.622 bits per heavy atom. The lowest BCUT2D eigenvalue weighted by Gasteiger charge is -2.19. The molecule has 0 N–H and O–H groups in total. The molecule has 0 aliphatic carbocycles. The van der Waals surface area contributed by atoms with Crippen molar-refractivity contribution in [3.63, 3.8) is 0 Å². The molecule has 0 fully saturated rings. The van der Waals surface area contributed by atoms with Gasteiger partial charge < -0.3 is 66.3 Å². The van der Waals surface area contributed by atoms with E-state index >= 15 is 0 Å². The first-order valence-corrected chi connectivity index (χ1v) is 22.8. The second-order valence-corrected chi connectivity index (χ2v) is 15.8. The van der Waals surface area contributed by atoms with Crippen LogP contribution in [0.15, 0.2) is 90.5 Å². The van der Waals surface area contributed by atoms with E-state index in [1.165, 1.54) is 0 Å². The zero-order chi connectivity index (χ0) is 53.3. The van der Waals surface area contributed by atoms with Gasteiger partial charge in [-0.3, -0.25) is 0 Å². The highest BCUT2D eigenvalue weighted by molar-refractivity contribution is 5.79. The van der Waals surface area contributed by atoms with E-state index in [-0.39, 0.29) is 6.42 Å². The zero-order valence-electron chi connectivity index (χ0n) is 44.2. The molecule has 0 unspecified atom stereocenters. The Kier molecular flexibility index (Phi) is 19.0. The summed E-state index contributed by atoms with van der Waals surface area (Å²) in [4.78, 5) is 0. The largest absolute Gasteiger partial charge is 0.497 e. The van der Waals surface area contributed by atoms with Crippen LogP contribution in [0.1, 0.15) is 44.5 Å². The molecule has 74 heavy (non-hydrogen) atoms. The normalized spacial score (nSPS) is 10.6. The van der Waals surface area contributed by atoms with E-state index in [4.69, 9.17) is 66.3 Å². The molecule has 0 saturated heterocycles. The summed E-state index contributed by atoms with van der Waals surface area (Å²) in [5, 5.41) is 0. The van der Waals surface area contributed by atoms with Crippen LogP contribution in [0.2, 0.25) is 0 Å². The molecular weight excluding hydrogens is 945 g/mol. The van der Waals surface area contributed by atoms with Gasteiger partial charge in [-0.1, -0.05) is 35.5 Å². The van der Waals surface area contributed by atoms with Crippen molar-refractivity contribution in [2.75, 3.05) is 99.5 Å². The molecule has 14 heteroatoms. The Bertz CT molecular complexity index is 3060. The van der Waals surface area contributed by atoms with Crippen molar-refractivity contribution in [3.05, 3.63) is 135 Å². The Morgan fingerprint density at radius 3 is 0.946 bits per heavy atom. The Hall–Kier alpha value is -9.06. The van der Waals surface area contributed by atoms with Crippen LogP contribution in [0, 0.1) is 35.5 Å². The molecule has 0 spiro atoms. The van der Waals surface area contributed by atoms with Crippen LogP contribution in [0.25, 0.3) is 5.57 Å². The summed E-state index contributed by atoms with van der Waals surface area (Å²) >= 11 is 0. The fourth-order valence-electron chi connectivity index (χ4n) is 7.99. The van der Waals surface area contributed by atoms with Gasteiger partial charge in [-0.15, -0.1) is 0 Å². The minimum absolute atomic E-state index is 0.273. The first-order valence-electron chi connectivity index (χ1n) is 22.8. The summed E-state index contributed by atoms with van der Waals surface area (Å²) in [5.41, 5.74) is 6.74. The lowest BCUT2D eigenvalue weighted by Crippen LogP contribution is -2.04. The van der Waals surface area contributed by atoms with Crippen LogP contribution in [0.3, 0.4) is 0 Å². The van der Waals surface area contributed by atoms with Crippen molar-refractivity contribution in [2.24, 2.45) is 0 Å². The van der Waals surface area contributed by atoms with Crippen molar-refractivity contribution in [1.29, 1.82) is 0 Å². The van der Waals surface area contributed by atoms with Crippen LogP contribution in [-0.4, -0.2) is 99.5 Å². The van der Waals surface area contributed by atoms with Crippen LogP contribution in [0.4, 0.5) is 0 Å². The molecule has 0 saturated carbocycles. The van der Waals surface area contributed by atoms with Crippen LogP contribution >= 0.6 is 0 Å². The van der Waals surface area contributed by atoms with Crippen molar-refractivity contribution in [2.45, 2.75) is 12.8 Å². The average Bonchev–Trinajstić information content (AvgIpc) is 3.44. The predicted octanol–water partition coefficient (Wildman–Crippen LogP) is 9.90. The molecule has 0 amide bonds. The number of hydrogen-bond acceptors (Lipinski definition) is 14. The zero-order valence-corrected chi connectivity index (χ0v) is 44.2. The van der Waals surface area contributed by atoms with E-state index in [2.05, 4.69) is 35.5 Å². The molecule has 0 radical (unpaired) electrons. The number of allylic oxidation sites excluding steroid dienone is 2. The SMILES string of the molecule is COc1cc(C#Cc2c(OC)cc(C#C/C(Cc3cc(OC)c(OC)c(OC)c3)=C(\Cc3cc(OC)c(OC)c(OC)c3)c3cc(OC)c(C#Cc4cc(OC)cc(OC)c4)c(OC)c3)cc2OC)cc(OC)c1. The Labute approximate surface area is 433 Å². The molecule has 0 heterocycles. The molecular formula is C60H60O14. The highest BCUT2D eigenvalue weighted by Crippen LogP contribution is 2.43. The first-order chi connectivity index (χ1) is 36.0. The van der Waals surface area contributed by atoms with Gasteiger partial charge in [0.1, 0.15) is 57.1 Å². The van der Waals surface area contributed by atoms with Crippen LogP contribution < -0.4 is 66.3 Å². The predicted molar refractivity (Wildman–Crippen MR) is 284 cm³/mol. The van der Waals surface area contributed by atoms with Gasteiger partial charge >= 0.3 is 0 Å². The minimum atomic E-state index is 0.273. The quantitative estimate of drug-likeness (QED) is 0.0714. The summed E-state index contributed by atoms with van der Waals surface area (Å²) in [6, 6.07) is 25.9. The highest BCUT2D eigenvalue weighted by atomic mass is 16.5. The van der Waals surface area contributed by atoms with Crippen molar-refractivity contribution < 1.29 is 66.3 Å². The standard InChI is InChI=1S/C60H60O14/c1-61-44-22-37(23-45(35-44)62-2)16-19-48-51(65-5)27-39(28-52(48)66-6)15-18-42(21-40-29-55(69-9)59(73-13)56(30-40)70-10)50(26-41-31-57(71-11)60(74-14)58(32-41)72-12)43-33-53(67-7)49(54(34-43)68-8)20-17-38-24-46(63-3)36-47(25-38)64-4/h22-25,27-36H,21,26H2,1-14H3/b50-42-. The third kappa shape index (κ3) is 12.7. The number of benzene rings is 6. The van der Waals surface area contributed by atoms with Crippen molar-refractivity contribution in [3.8, 4) is 116 Å². The monoisotopic (exact) mass is 1000 g/mol. The number of hydrogen-bond donors (Lipinski definition) is 0. The van der Waals surface area contributed by atoms with Crippen molar-refractivity contribution in [1.82, 2.24) is 0 Å². The summed E-state index contributed by atoms with van der Waals surface area (Å²) in [6.45, 7) is 0. The van der Waals surface area contributed by atoms with Gasteiger partial charge in [-0.2, -0.15) is 0 Å². The minimum Gasteiger partial charge on any atom is -0.497 e. The number of methoxy groups -OCH3 is 14. The number of rotatable bonds is 19. The maximum Gasteiger partial charge on any atom is 0.203 e. The van der Waals surface area contributed by atoms with Gasteiger partial charge in [0.05, 0.1) is 99.5 Å². The van der Waals surface area contributed by atoms with E-state index in [0.29, 0.717) is 126 Å². The molecule has 14 nitrogen and oxygen atoms in total. The first kappa shape index (κ1) is 54.3. The van der Waals surface area contributed by atoms with E-state index in [1.54, 1.807) is 112 Å². The fourth-order valence-corrected chi connectivity index (χ4v) is 7.99. The summed E-state index contributed by atoms with van der Waals surface area (Å²) < 4.78 is 80.8. The van der Waals surface area contributed by atoms with E-state index < -0.39 is 0 Å². The van der Waals surface area contributed by atoms with E-state index in [9.17, 15) is 0 Å². The Balaban J connectivity index is 1.66. The van der Waals surface area contributed by atoms with Crippen molar-refractivity contribution >= 4 is 5.57 Å². The summed E-state index contributed by atoms with van der Waals surface area (Å²) in [5.74, 6) is 26.9. The van der Waals surface area contributed by atoms with Gasteiger partial charge in [0.2, 0.25) is 11.5 Å². The van der Waals surface area contributed by atoms with E-state index in [0.717, 1.165) is 16.7 Å².